The van der Waals surface area contributed by atoms with Gasteiger partial charge in [0.25, 0.3) is 0 Å². The van der Waals surface area contributed by atoms with Crippen LogP contribution in [0.3, 0.4) is 0 Å². The van der Waals surface area contributed by atoms with E-state index in [1.807, 2.05) is 10.6 Å². The number of fused-ring (bicyclic) bond motifs is 1. The maximum atomic E-state index is 8.67. The van der Waals surface area contributed by atoms with Crippen molar-refractivity contribution in [2.24, 2.45) is 11.0 Å². The van der Waals surface area contributed by atoms with Crippen molar-refractivity contribution in [2.75, 3.05) is 6.54 Å². The predicted octanol–water partition coefficient (Wildman–Crippen LogP) is 0.848. The normalized spacial score (nSPS) is 36.1. The van der Waals surface area contributed by atoms with Crippen molar-refractivity contribution in [3.05, 3.63) is 0 Å². The molecule has 1 fully saturated rings. The molecule has 1 saturated heterocycles. The van der Waals surface area contributed by atoms with E-state index < -0.39 is 0 Å². The zero-order valence-electron chi connectivity index (χ0n) is 5.40. The first-order valence-electron chi connectivity index (χ1n) is 3.26. The van der Waals surface area contributed by atoms with Gasteiger partial charge in [-0.15, -0.1) is 0 Å². The maximum absolute atomic E-state index is 8.67. The van der Waals surface area contributed by atoms with Gasteiger partial charge in [-0.25, -0.2) is 0 Å². The zero-order chi connectivity index (χ0) is 6.97. The molecule has 0 bridgehead atoms. The summed E-state index contributed by atoms with van der Waals surface area (Å²) in [6.07, 6.45) is 0.978. The van der Waals surface area contributed by atoms with Gasteiger partial charge in [-0.2, -0.15) is 10.4 Å². The van der Waals surface area contributed by atoms with Crippen LogP contribution in [0, 0.1) is 17.2 Å². The SMILES string of the molecule is N#C[C@@H]1CCN2N=CSC12. The third-order valence-corrected chi connectivity index (χ3v) is 2.94. The van der Waals surface area contributed by atoms with Gasteiger partial charge < -0.3 is 0 Å². The molecule has 0 N–H and O–H groups in total. The van der Waals surface area contributed by atoms with Crippen molar-refractivity contribution >= 4 is 17.3 Å². The molecular weight excluding hydrogens is 146 g/mol. The molecule has 52 valence electrons. The van der Waals surface area contributed by atoms with Gasteiger partial charge in [0.2, 0.25) is 0 Å². The topological polar surface area (TPSA) is 39.4 Å². The molecule has 0 aromatic rings. The molecule has 2 aliphatic rings. The predicted molar refractivity (Wildman–Crippen MR) is 40.3 cm³/mol. The molecule has 3 nitrogen and oxygen atoms in total. The quantitative estimate of drug-likeness (QED) is 0.518. The second-order valence-corrected chi connectivity index (χ2v) is 3.40. The van der Waals surface area contributed by atoms with E-state index in [1.165, 1.54) is 0 Å². The number of thioether (sulfide) groups is 1. The number of nitriles is 1. The third-order valence-electron chi connectivity index (χ3n) is 1.87. The summed E-state index contributed by atoms with van der Waals surface area (Å²) in [4.78, 5) is 0. The van der Waals surface area contributed by atoms with Crippen molar-refractivity contribution in [3.8, 4) is 6.07 Å². The van der Waals surface area contributed by atoms with E-state index in [9.17, 15) is 0 Å². The first-order valence-corrected chi connectivity index (χ1v) is 4.20. The minimum absolute atomic E-state index is 0.187. The lowest BCUT2D eigenvalue weighted by Gasteiger charge is -2.12. The van der Waals surface area contributed by atoms with Crippen LogP contribution in [0.25, 0.3) is 0 Å². The zero-order valence-corrected chi connectivity index (χ0v) is 6.21. The third kappa shape index (κ3) is 0.706. The van der Waals surface area contributed by atoms with Crippen molar-refractivity contribution in [2.45, 2.75) is 11.8 Å². The second kappa shape index (κ2) is 2.17. The Balaban J connectivity index is 2.14. The molecule has 2 rings (SSSR count). The minimum atomic E-state index is 0.187. The molecule has 0 aliphatic carbocycles. The molecule has 2 aliphatic heterocycles. The summed E-state index contributed by atoms with van der Waals surface area (Å²) in [7, 11) is 0. The molecule has 0 aromatic heterocycles. The van der Waals surface area contributed by atoms with E-state index in [0.717, 1.165) is 13.0 Å². The summed E-state index contributed by atoms with van der Waals surface area (Å²) in [5, 5.41) is 15.1. The van der Waals surface area contributed by atoms with E-state index in [1.54, 1.807) is 11.8 Å². The lowest BCUT2D eigenvalue weighted by molar-refractivity contribution is 0.337. The largest absolute Gasteiger partial charge is 0.282 e. The van der Waals surface area contributed by atoms with Crippen molar-refractivity contribution in [1.82, 2.24) is 5.01 Å². The van der Waals surface area contributed by atoms with E-state index >= 15 is 0 Å². The Morgan fingerprint density at radius 2 is 2.70 bits per heavy atom. The van der Waals surface area contributed by atoms with E-state index in [-0.39, 0.29) is 5.92 Å². The lowest BCUT2D eigenvalue weighted by Crippen LogP contribution is -2.19. The number of hydrogen-bond donors (Lipinski definition) is 0. The molecule has 0 aromatic carbocycles. The van der Waals surface area contributed by atoms with Gasteiger partial charge in [0.15, 0.2) is 0 Å². The standard InChI is InChI=1S/C6H7N3S/c7-3-5-1-2-9-6(5)10-4-8-9/h4-6H,1-2H2/t5-,6?/m0/s1. The fourth-order valence-electron chi connectivity index (χ4n) is 1.32. The summed E-state index contributed by atoms with van der Waals surface area (Å²) >= 11 is 1.66. The van der Waals surface area contributed by atoms with Crippen molar-refractivity contribution in [1.29, 1.82) is 5.26 Å². The fourth-order valence-corrected chi connectivity index (χ4v) is 2.30. The van der Waals surface area contributed by atoms with E-state index in [2.05, 4.69) is 11.2 Å². The Morgan fingerprint density at radius 3 is 3.50 bits per heavy atom. The summed E-state index contributed by atoms with van der Waals surface area (Å²) in [6.45, 7) is 0.951. The Bertz CT molecular complexity index is 208. The average molecular weight is 153 g/mol. The van der Waals surface area contributed by atoms with Gasteiger partial charge in [0.1, 0.15) is 5.37 Å². The van der Waals surface area contributed by atoms with E-state index in [0.29, 0.717) is 5.37 Å². The van der Waals surface area contributed by atoms with Crippen LogP contribution in [0.2, 0.25) is 0 Å². The molecule has 10 heavy (non-hydrogen) atoms. The van der Waals surface area contributed by atoms with Gasteiger partial charge in [-0.3, -0.25) is 5.01 Å². The maximum Gasteiger partial charge on any atom is 0.114 e. The Kier molecular flexibility index (Phi) is 1.31. The smallest absolute Gasteiger partial charge is 0.114 e. The first-order chi connectivity index (χ1) is 4.92. The highest BCUT2D eigenvalue weighted by atomic mass is 32.2. The van der Waals surface area contributed by atoms with Crippen LogP contribution in [-0.4, -0.2) is 22.5 Å². The summed E-state index contributed by atoms with van der Waals surface area (Å²) in [5.41, 5.74) is 1.83. The molecule has 0 saturated carbocycles. The number of hydrazone groups is 1. The first kappa shape index (κ1) is 6.05. The van der Waals surface area contributed by atoms with Gasteiger partial charge in [0.05, 0.1) is 17.5 Å². The van der Waals surface area contributed by atoms with Crippen LogP contribution in [-0.2, 0) is 0 Å². The van der Waals surface area contributed by atoms with Gasteiger partial charge >= 0.3 is 0 Å². The van der Waals surface area contributed by atoms with E-state index in [4.69, 9.17) is 5.26 Å². The fraction of sp³-hybridized carbons (Fsp3) is 0.667. The van der Waals surface area contributed by atoms with Crippen LogP contribution >= 0.6 is 11.8 Å². The van der Waals surface area contributed by atoms with Gasteiger partial charge in [-0.05, 0) is 6.42 Å². The second-order valence-electron chi connectivity index (χ2n) is 2.43. The highest BCUT2D eigenvalue weighted by Gasteiger charge is 2.36. The van der Waals surface area contributed by atoms with Crippen LogP contribution in [0.4, 0.5) is 0 Å². The Hall–Kier alpha value is -0.690. The average Bonchev–Trinajstić information content (AvgIpc) is 2.44. The minimum Gasteiger partial charge on any atom is -0.282 e. The van der Waals surface area contributed by atoms with Crippen LogP contribution < -0.4 is 0 Å². The summed E-state index contributed by atoms with van der Waals surface area (Å²) in [6, 6.07) is 2.29. The van der Waals surface area contributed by atoms with Gasteiger partial charge in [0, 0.05) is 6.54 Å². The Morgan fingerprint density at radius 1 is 1.80 bits per heavy atom. The van der Waals surface area contributed by atoms with Crippen LogP contribution in [0.15, 0.2) is 5.10 Å². The van der Waals surface area contributed by atoms with Crippen molar-refractivity contribution in [3.63, 3.8) is 0 Å². The lowest BCUT2D eigenvalue weighted by atomic mass is 10.1. The Labute approximate surface area is 63.7 Å². The molecule has 0 radical (unpaired) electrons. The highest BCUT2D eigenvalue weighted by Crippen LogP contribution is 2.34. The number of nitrogens with zero attached hydrogens (tertiary/aromatic N) is 3. The molecule has 0 amide bonds. The summed E-state index contributed by atoms with van der Waals surface area (Å²) in [5.74, 6) is 0.187. The molecule has 1 unspecified atom stereocenters. The van der Waals surface area contributed by atoms with Crippen LogP contribution in [0.1, 0.15) is 6.42 Å². The monoisotopic (exact) mass is 153 g/mol. The molecule has 2 atom stereocenters. The number of rotatable bonds is 0. The van der Waals surface area contributed by atoms with Crippen molar-refractivity contribution < 1.29 is 0 Å². The number of hydrogen-bond acceptors (Lipinski definition) is 4. The van der Waals surface area contributed by atoms with Crippen LogP contribution in [0.5, 0.6) is 0 Å². The summed E-state index contributed by atoms with van der Waals surface area (Å²) < 4.78 is 0. The van der Waals surface area contributed by atoms with Gasteiger partial charge in [-0.1, -0.05) is 11.8 Å². The molecular formula is C6H7N3S. The molecule has 2 heterocycles. The highest BCUT2D eigenvalue weighted by molar-refractivity contribution is 8.12. The molecule has 4 heteroatoms. The molecule has 0 spiro atoms.